The molecule has 0 spiro atoms. The zero-order valence-electron chi connectivity index (χ0n) is 10.8. The van der Waals surface area contributed by atoms with Crippen LogP contribution in [0.4, 0.5) is 0 Å². The van der Waals surface area contributed by atoms with Crippen molar-refractivity contribution in [1.29, 1.82) is 0 Å². The third-order valence-electron chi connectivity index (χ3n) is 3.27. The van der Waals surface area contributed by atoms with Crippen LogP contribution in [0, 0.1) is 6.92 Å². The van der Waals surface area contributed by atoms with E-state index in [1.54, 1.807) is 19.2 Å². The summed E-state index contributed by atoms with van der Waals surface area (Å²) in [6, 6.07) is 7.05. The van der Waals surface area contributed by atoms with Crippen LogP contribution in [0.15, 0.2) is 29.2 Å². The van der Waals surface area contributed by atoms with E-state index in [1.165, 1.54) is 4.31 Å². The van der Waals surface area contributed by atoms with Crippen LogP contribution in [0.25, 0.3) is 0 Å². The van der Waals surface area contributed by atoms with Crippen molar-refractivity contribution in [3.63, 3.8) is 0 Å². The van der Waals surface area contributed by atoms with E-state index in [4.69, 9.17) is 4.74 Å². The van der Waals surface area contributed by atoms with Gasteiger partial charge in [-0.25, -0.2) is 8.42 Å². The van der Waals surface area contributed by atoms with E-state index in [2.05, 4.69) is 0 Å². The van der Waals surface area contributed by atoms with Gasteiger partial charge in [0.15, 0.2) is 0 Å². The SMILES string of the molecule is Cc1ccccc1S(=O)(=O)N(C)CC1CCCO1. The Balaban J connectivity index is 2.17. The molecule has 1 aromatic rings. The third-order valence-corrected chi connectivity index (χ3v) is 5.25. The maximum absolute atomic E-state index is 12.4. The summed E-state index contributed by atoms with van der Waals surface area (Å²) in [6.45, 7) is 2.98. The van der Waals surface area contributed by atoms with E-state index in [0.29, 0.717) is 11.4 Å². The normalized spacial score (nSPS) is 20.5. The topological polar surface area (TPSA) is 46.6 Å². The van der Waals surface area contributed by atoms with Gasteiger partial charge < -0.3 is 4.74 Å². The molecule has 2 rings (SSSR count). The molecule has 1 aliphatic rings. The summed E-state index contributed by atoms with van der Waals surface area (Å²) < 4.78 is 31.7. The van der Waals surface area contributed by atoms with Gasteiger partial charge in [-0.1, -0.05) is 18.2 Å². The molecule has 0 aromatic heterocycles. The Kier molecular flexibility index (Phi) is 4.04. The summed E-state index contributed by atoms with van der Waals surface area (Å²) >= 11 is 0. The first-order valence-electron chi connectivity index (χ1n) is 6.15. The van der Waals surface area contributed by atoms with Crippen molar-refractivity contribution in [3.05, 3.63) is 29.8 Å². The van der Waals surface area contributed by atoms with Crippen LogP contribution in [0.1, 0.15) is 18.4 Å². The van der Waals surface area contributed by atoms with Crippen LogP contribution < -0.4 is 0 Å². The molecule has 0 amide bonds. The van der Waals surface area contributed by atoms with E-state index in [1.807, 2.05) is 19.1 Å². The van der Waals surface area contributed by atoms with E-state index in [9.17, 15) is 8.42 Å². The Labute approximate surface area is 109 Å². The molecular weight excluding hydrogens is 250 g/mol. The van der Waals surface area contributed by atoms with E-state index in [-0.39, 0.29) is 6.10 Å². The molecule has 0 bridgehead atoms. The minimum Gasteiger partial charge on any atom is -0.377 e. The van der Waals surface area contributed by atoms with Gasteiger partial charge in [0.1, 0.15) is 0 Å². The molecule has 100 valence electrons. The van der Waals surface area contributed by atoms with Gasteiger partial charge in [-0.3, -0.25) is 0 Å². The lowest BCUT2D eigenvalue weighted by molar-refractivity contribution is 0.0979. The lowest BCUT2D eigenvalue weighted by Crippen LogP contribution is -2.34. The highest BCUT2D eigenvalue weighted by Crippen LogP contribution is 2.20. The first kappa shape index (κ1) is 13.5. The summed E-state index contributed by atoms with van der Waals surface area (Å²) in [4.78, 5) is 0.380. The summed E-state index contributed by atoms with van der Waals surface area (Å²) in [6.07, 6.45) is 1.99. The molecule has 1 aliphatic heterocycles. The van der Waals surface area contributed by atoms with Crippen molar-refractivity contribution >= 4 is 10.0 Å². The highest BCUT2D eigenvalue weighted by atomic mass is 32.2. The summed E-state index contributed by atoms with van der Waals surface area (Å²) in [5, 5.41) is 0. The molecule has 5 heteroatoms. The minimum absolute atomic E-state index is 0.0359. The molecule has 0 saturated carbocycles. The molecule has 1 heterocycles. The maximum atomic E-state index is 12.4. The molecule has 1 unspecified atom stereocenters. The molecule has 1 aromatic carbocycles. The number of rotatable bonds is 4. The predicted octanol–water partition coefficient (Wildman–Crippen LogP) is 1.79. The number of sulfonamides is 1. The van der Waals surface area contributed by atoms with Gasteiger partial charge in [0, 0.05) is 20.2 Å². The highest BCUT2D eigenvalue weighted by Gasteiger charge is 2.26. The molecule has 0 N–H and O–H groups in total. The summed E-state index contributed by atoms with van der Waals surface area (Å²) in [7, 11) is -1.79. The van der Waals surface area contributed by atoms with E-state index in [0.717, 1.165) is 25.0 Å². The number of likely N-dealkylation sites (N-methyl/N-ethyl adjacent to an activating group) is 1. The van der Waals surface area contributed by atoms with Gasteiger partial charge >= 0.3 is 0 Å². The van der Waals surface area contributed by atoms with Crippen molar-refractivity contribution in [2.45, 2.75) is 30.8 Å². The molecule has 1 saturated heterocycles. The Morgan fingerprint density at radius 1 is 1.39 bits per heavy atom. The smallest absolute Gasteiger partial charge is 0.243 e. The fourth-order valence-electron chi connectivity index (χ4n) is 2.19. The Morgan fingerprint density at radius 2 is 2.11 bits per heavy atom. The Morgan fingerprint density at radius 3 is 2.72 bits per heavy atom. The Bertz CT molecular complexity index is 507. The van der Waals surface area contributed by atoms with Gasteiger partial charge in [0.05, 0.1) is 11.0 Å². The number of hydrogen-bond donors (Lipinski definition) is 0. The standard InChI is InChI=1S/C13H19NO3S/c1-11-6-3-4-8-13(11)18(15,16)14(2)10-12-7-5-9-17-12/h3-4,6,8,12H,5,7,9-10H2,1-2H3. The zero-order chi connectivity index (χ0) is 13.2. The second kappa shape index (κ2) is 5.38. The molecular formula is C13H19NO3S. The second-order valence-corrected chi connectivity index (χ2v) is 6.70. The highest BCUT2D eigenvalue weighted by molar-refractivity contribution is 7.89. The average Bonchev–Trinajstić information content (AvgIpc) is 2.82. The maximum Gasteiger partial charge on any atom is 0.243 e. The predicted molar refractivity (Wildman–Crippen MR) is 70.0 cm³/mol. The summed E-state index contributed by atoms with van der Waals surface area (Å²) in [5.41, 5.74) is 0.775. The van der Waals surface area contributed by atoms with Crippen LogP contribution in [0.5, 0.6) is 0 Å². The van der Waals surface area contributed by atoms with Crippen molar-refractivity contribution in [2.24, 2.45) is 0 Å². The zero-order valence-corrected chi connectivity index (χ0v) is 11.6. The first-order valence-corrected chi connectivity index (χ1v) is 7.59. The minimum atomic E-state index is -3.40. The van der Waals surface area contributed by atoms with Crippen LogP contribution in [-0.2, 0) is 14.8 Å². The monoisotopic (exact) mass is 269 g/mol. The number of hydrogen-bond acceptors (Lipinski definition) is 3. The van der Waals surface area contributed by atoms with Crippen LogP contribution in [-0.4, -0.2) is 39.0 Å². The van der Waals surface area contributed by atoms with Gasteiger partial charge in [-0.05, 0) is 31.4 Å². The van der Waals surface area contributed by atoms with Gasteiger partial charge in [0.25, 0.3) is 0 Å². The van der Waals surface area contributed by atoms with Gasteiger partial charge in [-0.2, -0.15) is 4.31 Å². The lowest BCUT2D eigenvalue weighted by Gasteiger charge is -2.21. The van der Waals surface area contributed by atoms with Crippen molar-refractivity contribution in [3.8, 4) is 0 Å². The molecule has 18 heavy (non-hydrogen) atoms. The van der Waals surface area contributed by atoms with Gasteiger partial charge in [0.2, 0.25) is 10.0 Å². The van der Waals surface area contributed by atoms with Gasteiger partial charge in [-0.15, -0.1) is 0 Å². The number of benzene rings is 1. The number of nitrogens with zero attached hydrogens (tertiary/aromatic N) is 1. The summed E-state index contributed by atoms with van der Waals surface area (Å²) in [5.74, 6) is 0. The molecule has 1 fully saturated rings. The van der Waals surface area contributed by atoms with Crippen molar-refractivity contribution < 1.29 is 13.2 Å². The fourth-order valence-corrected chi connectivity index (χ4v) is 3.61. The van der Waals surface area contributed by atoms with E-state index >= 15 is 0 Å². The quantitative estimate of drug-likeness (QED) is 0.837. The largest absolute Gasteiger partial charge is 0.377 e. The number of aryl methyl sites for hydroxylation is 1. The van der Waals surface area contributed by atoms with Crippen LogP contribution >= 0.6 is 0 Å². The molecule has 1 atom stereocenters. The van der Waals surface area contributed by atoms with Crippen molar-refractivity contribution in [1.82, 2.24) is 4.31 Å². The Hall–Kier alpha value is -0.910. The lowest BCUT2D eigenvalue weighted by atomic mass is 10.2. The van der Waals surface area contributed by atoms with E-state index < -0.39 is 10.0 Å². The van der Waals surface area contributed by atoms with Crippen LogP contribution in [0.3, 0.4) is 0 Å². The second-order valence-electron chi connectivity index (χ2n) is 4.69. The fraction of sp³-hybridized carbons (Fsp3) is 0.538. The molecule has 4 nitrogen and oxygen atoms in total. The molecule has 0 aliphatic carbocycles. The third kappa shape index (κ3) is 2.74. The molecule has 0 radical (unpaired) electrons. The first-order chi connectivity index (χ1) is 8.51. The van der Waals surface area contributed by atoms with Crippen molar-refractivity contribution in [2.75, 3.05) is 20.2 Å². The average molecular weight is 269 g/mol. The number of ether oxygens (including phenoxy) is 1. The van der Waals surface area contributed by atoms with Crippen LogP contribution in [0.2, 0.25) is 0 Å².